The van der Waals surface area contributed by atoms with Crippen molar-refractivity contribution in [2.24, 2.45) is 0 Å². The summed E-state index contributed by atoms with van der Waals surface area (Å²) in [6, 6.07) is 8.45. The lowest BCUT2D eigenvalue weighted by Crippen LogP contribution is -2.46. The molecular weight excluding hydrogens is 598 g/mol. The van der Waals surface area contributed by atoms with Crippen molar-refractivity contribution in [2.45, 2.75) is 13.5 Å². The fraction of sp³-hybridized carbons (Fsp3) is 0.303. The van der Waals surface area contributed by atoms with Gasteiger partial charge in [0.15, 0.2) is 28.9 Å². The van der Waals surface area contributed by atoms with Gasteiger partial charge in [0.2, 0.25) is 11.7 Å². The number of carbonyl (C=O) groups excluding carboxylic acids is 2. The number of aromatic nitrogens is 1. The molecule has 0 unspecified atom stereocenters. The summed E-state index contributed by atoms with van der Waals surface area (Å²) in [5.74, 6) is -4.36. The standard InChI is InChI=1S/C33H36F2N6O5/c1-6-27(42)39-23-14-20(41-12-10-40(7-2)11-13-41)8-9-22(23)38-26-15-21-19(17-37-26)18-46-33(31(21)36-3)32(43)28-29(34)24(44-4)16-25(45-5)30(28)35/h6,8-9,14-17,36H,1,7,10-13,18H2,2-5H3,(H,37,38)(H,39,42). The third-order valence-corrected chi connectivity index (χ3v) is 8.01. The van der Waals surface area contributed by atoms with E-state index in [9.17, 15) is 9.59 Å². The summed E-state index contributed by atoms with van der Waals surface area (Å²) >= 11 is 0. The molecule has 2 aliphatic heterocycles. The summed E-state index contributed by atoms with van der Waals surface area (Å²) in [5, 5.41) is 9.06. The molecular formula is C33H36F2N6O5. The second-order valence-corrected chi connectivity index (χ2v) is 10.6. The lowest BCUT2D eigenvalue weighted by molar-refractivity contribution is -0.111. The van der Waals surface area contributed by atoms with E-state index in [2.05, 4.69) is 44.2 Å². The average molecular weight is 635 g/mol. The summed E-state index contributed by atoms with van der Waals surface area (Å²) in [4.78, 5) is 35.1. The number of anilines is 4. The van der Waals surface area contributed by atoms with Crippen molar-refractivity contribution < 1.29 is 32.6 Å². The van der Waals surface area contributed by atoms with Crippen LogP contribution >= 0.6 is 0 Å². The smallest absolute Gasteiger partial charge is 0.247 e. The number of carbonyl (C=O) groups is 2. The first-order valence-electron chi connectivity index (χ1n) is 14.7. The number of rotatable bonds is 11. The number of halogens is 2. The summed E-state index contributed by atoms with van der Waals surface area (Å²) in [5.41, 5.74) is 2.58. The number of likely N-dealkylation sites (N-methyl/N-ethyl adjacent to an activating group) is 1. The summed E-state index contributed by atoms with van der Waals surface area (Å²) in [7, 11) is 3.97. The van der Waals surface area contributed by atoms with Crippen molar-refractivity contribution >= 4 is 40.3 Å². The Kier molecular flexibility index (Phi) is 9.71. The highest BCUT2D eigenvalue weighted by Gasteiger charge is 2.33. The van der Waals surface area contributed by atoms with Crippen molar-refractivity contribution in [1.29, 1.82) is 0 Å². The SMILES string of the molecule is C=CC(=O)Nc1cc(N2CCN(CC)CC2)ccc1Nc1cc2c(cn1)COC(C(=O)c1c(F)c(OC)cc(OC)c1F)=C2NC. The molecule has 0 atom stereocenters. The van der Waals surface area contributed by atoms with E-state index in [0.717, 1.165) is 44.5 Å². The maximum Gasteiger partial charge on any atom is 0.247 e. The monoisotopic (exact) mass is 634 g/mol. The first-order chi connectivity index (χ1) is 22.2. The molecule has 0 radical (unpaired) electrons. The molecule has 2 aliphatic rings. The molecule has 5 rings (SSSR count). The number of nitrogens with one attached hydrogen (secondary N) is 3. The fourth-order valence-corrected chi connectivity index (χ4v) is 5.46. The third kappa shape index (κ3) is 6.31. The van der Waals surface area contributed by atoms with E-state index < -0.39 is 23.0 Å². The topological polar surface area (TPSA) is 117 Å². The van der Waals surface area contributed by atoms with Crippen LogP contribution < -0.4 is 30.3 Å². The van der Waals surface area contributed by atoms with Gasteiger partial charge in [-0.05, 0) is 36.9 Å². The molecule has 1 amide bonds. The zero-order valence-corrected chi connectivity index (χ0v) is 26.1. The van der Waals surface area contributed by atoms with Crippen LogP contribution in [0, 0.1) is 11.6 Å². The lowest BCUT2D eigenvalue weighted by atomic mass is 9.99. The zero-order valence-electron chi connectivity index (χ0n) is 26.1. The van der Waals surface area contributed by atoms with Gasteiger partial charge in [-0.2, -0.15) is 0 Å². The number of allylic oxidation sites excluding steroid dienone is 1. The summed E-state index contributed by atoms with van der Waals surface area (Å²) < 4.78 is 46.2. The van der Waals surface area contributed by atoms with E-state index in [1.807, 2.05) is 18.2 Å². The molecule has 13 heteroatoms. The van der Waals surface area contributed by atoms with Crippen LogP contribution in [0.1, 0.15) is 28.4 Å². The lowest BCUT2D eigenvalue weighted by Gasteiger charge is -2.35. The zero-order chi connectivity index (χ0) is 33.0. The Balaban J connectivity index is 1.49. The van der Waals surface area contributed by atoms with Crippen molar-refractivity contribution in [3.63, 3.8) is 0 Å². The van der Waals surface area contributed by atoms with Gasteiger partial charge in [-0.15, -0.1) is 0 Å². The van der Waals surface area contributed by atoms with Gasteiger partial charge in [0.1, 0.15) is 18.0 Å². The summed E-state index contributed by atoms with van der Waals surface area (Å²) in [6.07, 6.45) is 2.77. The maximum atomic E-state index is 15.2. The number of hydrogen-bond acceptors (Lipinski definition) is 10. The Morgan fingerprint density at radius 2 is 1.74 bits per heavy atom. The number of amides is 1. The molecule has 1 aromatic heterocycles. The van der Waals surface area contributed by atoms with Gasteiger partial charge >= 0.3 is 0 Å². The predicted octanol–water partition coefficient (Wildman–Crippen LogP) is 4.69. The number of methoxy groups -OCH3 is 2. The molecule has 0 bridgehead atoms. The van der Waals surface area contributed by atoms with Crippen LogP contribution in [0.15, 0.2) is 54.9 Å². The Hall–Kier alpha value is -5.17. The van der Waals surface area contributed by atoms with E-state index >= 15 is 8.78 Å². The van der Waals surface area contributed by atoms with Crippen molar-refractivity contribution in [2.75, 3.05) is 69.5 Å². The van der Waals surface area contributed by atoms with Crippen LogP contribution in [0.4, 0.5) is 31.7 Å². The van der Waals surface area contributed by atoms with Crippen LogP contribution in [-0.2, 0) is 16.1 Å². The molecule has 242 valence electrons. The second-order valence-electron chi connectivity index (χ2n) is 10.6. The van der Waals surface area contributed by atoms with Gasteiger partial charge in [0.05, 0.1) is 31.3 Å². The minimum absolute atomic E-state index is 0.0696. The van der Waals surface area contributed by atoms with E-state index in [-0.39, 0.29) is 35.5 Å². The minimum atomic E-state index is -1.18. The van der Waals surface area contributed by atoms with Crippen molar-refractivity contribution in [1.82, 2.24) is 15.2 Å². The molecule has 3 N–H and O–H groups in total. The van der Waals surface area contributed by atoms with E-state index in [1.165, 1.54) is 20.3 Å². The van der Waals surface area contributed by atoms with Crippen molar-refractivity contribution in [3.05, 3.63) is 83.3 Å². The quantitative estimate of drug-likeness (QED) is 0.203. The highest BCUT2D eigenvalue weighted by molar-refractivity contribution is 6.12. The predicted molar refractivity (Wildman–Crippen MR) is 172 cm³/mol. The number of piperazine rings is 1. The number of ketones is 1. The van der Waals surface area contributed by atoms with Gasteiger partial charge in [0, 0.05) is 62.3 Å². The first-order valence-corrected chi connectivity index (χ1v) is 14.7. The van der Waals surface area contributed by atoms with E-state index in [0.29, 0.717) is 28.3 Å². The second kappa shape index (κ2) is 13.9. The molecule has 0 saturated carbocycles. The third-order valence-electron chi connectivity index (χ3n) is 8.01. The number of nitrogens with zero attached hydrogens (tertiary/aromatic N) is 3. The van der Waals surface area contributed by atoms with E-state index in [1.54, 1.807) is 19.3 Å². The number of pyridine rings is 1. The number of fused-ring (bicyclic) bond motifs is 1. The van der Waals surface area contributed by atoms with Crippen LogP contribution in [0.25, 0.3) is 5.70 Å². The molecule has 11 nitrogen and oxygen atoms in total. The molecule has 1 saturated heterocycles. The summed E-state index contributed by atoms with van der Waals surface area (Å²) in [6.45, 7) is 10.3. The molecule has 1 fully saturated rings. The van der Waals surface area contributed by atoms with Gasteiger partial charge in [-0.3, -0.25) is 9.59 Å². The minimum Gasteiger partial charge on any atom is -0.494 e. The number of Topliss-reactive ketones (excluding diaryl/α,β-unsaturated/α-hetero) is 1. The largest absolute Gasteiger partial charge is 0.494 e. The van der Waals surface area contributed by atoms with Crippen LogP contribution in [0.5, 0.6) is 11.5 Å². The van der Waals surface area contributed by atoms with Crippen molar-refractivity contribution in [3.8, 4) is 11.5 Å². The number of benzene rings is 2. The molecule has 2 aromatic carbocycles. The number of ether oxygens (including phenoxy) is 3. The average Bonchev–Trinajstić information content (AvgIpc) is 3.08. The Bertz CT molecular complexity index is 1680. The van der Waals surface area contributed by atoms with Crippen LogP contribution in [-0.4, -0.2) is 75.6 Å². The Morgan fingerprint density at radius 1 is 1.04 bits per heavy atom. The Labute approximate surface area is 265 Å². The molecule has 3 aromatic rings. The highest BCUT2D eigenvalue weighted by atomic mass is 19.1. The molecule has 0 aliphatic carbocycles. The maximum absolute atomic E-state index is 15.2. The highest BCUT2D eigenvalue weighted by Crippen LogP contribution is 2.37. The Morgan fingerprint density at radius 3 is 2.35 bits per heavy atom. The van der Waals surface area contributed by atoms with Gasteiger partial charge in [-0.25, -0.2) is 13.8 Å². The number of hydrogen-bond donors (Lipinski definition) is 3. The molecule has 0 spiro atoms. The molecule has 46 heavy (non-hydrogen) atoms. The fourth-order valence-electron chi connectivity index (χ4n) is 5.46. The molecule has 3 heterocycles. The van der Waals surface area contributed by atoms with Gasteiger partial charge in [0.25, 0.3) is 0 Å². The first kappa shape index (κ1) is 32.2. The van der Waals surface area contributed by atoms with Gasteiger partial charge < -0.3 is 40.0 Å². The normalized spacial score (nSPS) is 14.6. The van der Waals surface area contributed by atoms with Crippen LogP contribution in [0.3, 0.4) is 0 Å². The van der Waals surface area contributed by atoms with Gasteiger partial charge in [-0.1, -0.05) is 13.5 Å². The van der Waals surface area contributed by atoms with Crippen LogP contribution in [0.2, 0.25) is 0 Å². The van der Waals surface area contributed by atoms with E-state index in [4.69, 9.17) is 14.2 Å².